The average Bonchev–Trinajstić information content (AvgIpc) is 3.33. The summed E-state index contributed by atoms with van der Waals surface area (Å²) in [6.07, 6.45) is 3.84. The van der Waals surface area contributed by atoms with Gasteiger partial charge in [-0.1, -0.05) is 66.7 Å². The van der Waals surface area contributed by atoms with Gasteiger partial charge in [-0.05, 0) is 86.1 Å². The van der Waals surface area contributed by atoms with Crippen LogP contribution in [0.2, 0.25) is 0 Å². The molecule has 7 nitrogen and oxygen atoms in total. The van der Waals surface area contributed by atoms with Crippen molar-refractivity contribution in [1.29, 1.82) is 0 Å². The van der Waals surface area contributed by atoms with Gasteiger partial charge in [0.05, 0.1) is 23.3 Å². The summed E-state index contributed by atoms with van der Waals surface area (Å²) in [6, 6.07) is 27.6. The van der Waals surface area contributed by atoms with Crippen LogP contribution in [0.5, 0.6) is 0 Å². The molecule has 1 saturated heterocycles. The molecule has 4 bridgehead atoms. The Hall–Kier alpha value is -3.52. The first-order chi connectivity index (χ1) is 21.0. The lowest BCUT2D eigenvalue weighted by atomic mass is 9.54. The topological polar surface area (TPSA) is 80.3 Å². The molecular weight excluding hydrogens is 544 g/mol. The van der Waals surface area contributed by atoms with Crippen LogP contribution in [0.3, 0.4) is 0 Å². The van der Waals surface area contributed by atoms with E-state index in [-0.39, 0.29) is 12.2 Å². The van der Waals surface area contributed by atoms with Crippen LogP contribution in [0.25, 0.3) is 0 Å². The molecule has 0 spiro atoms. The zero-order valence-electron chi connectivity index (χ0n) is 24.2. The molecule has 4 atom stereocenters. The lowest BCUT2D eigenvalue weighted by molar-refractivity contribution is -0.273. The van der Waals surface area contributed by atoms with Crippen molar-refractivity contribution < 1.29 is 33.3 Å². The van der Waals surface area contributed by atoms with Gasteiger partial charge in [-0.2, -0.15) is 0 Å². The van der Waals surface area contributed by atoms with Crippen molar-refractivity contribution in [3.05, 3.63) is 108 Å². The Kier molecular flexibility index (Phi) is 8.04. The molecule has 3 aromatic rings. The smallest absolute Gasteiger partial charge is 0.338 e. The van der Waals surface area contributed by atoms with Crippen LogP contribution in [-0.4, -0.2) is 48.7 Å². The second-order valence-corrected chi connectivity index (χ2v) is 12.7. The van der Waals surface area contributed by atoms with E-state index in [1.165, 1.54) is 19.3 Å². The van der Waals surface area contributed by atoms with Gasteiger partial charge in [0.15, 0.2) is 12.4 Å². The Morgan fingerprint density at radius 1 is 0.698 bits per heavy atom. The fourth-order valence-corrected chi connectivity index (χ4v) is 8.01. The molecule has 4 saturated carbocycles. The summed E-state index contributed by atoms with van der Waals surface area (Å²) in [7, 11) is 0. The molecule has 5 aliphatic rings. The average molecular weight is 583 g/mol. The number of rotatable bonds is 10. The molecular formula is C36H38O7. The highest BCUT2D eigenvalue weighted by atomic mass is 16.7. The predicted molar refractivity (Wildman–Crippen MR) is 158 cm³/mol. The predicted octanol–water partition coefficient (Wildman–Crippen LogP) is 6.36. The summed E-state index contributed by atoms with van der Waals surface area (Å²) in [5, 5.41) is 0. The highest BCUT2D eigenvalue weighted by molar-refractivity contribution is 5.90. The molecule has 0 N–H and O–H groups in total. The summed E-state index contributed by atoms with van der Waals surface area (Å²) < 4.78 is 31.9. The third-order valence-corrected chi connectivity index (χ3v) is 9.54. The number of benzene rings is 3. The molecule has 0 radical (unpaired) electrons. The molecule has 0 aromatic heterocycles. The highest BCUT2D eigenvalue weighted by Crippen LogP contribution is 2.58. The highest BCUT2D eigenvalue weighted by Gasteiger charge is 2.57. The summed E-state index contributed by atoms with van der Waals surface area (Å²) in [5.41, 5.74) is 1.59. The first kappa shape index (κ1) is 28.3. The lowest BCUT2D eigenvalue weighted by Crippen LogP contribution is -2.54. The van der Waals surface area contributed by atoms with Gasteiger partial charge in [0.1, 0.15) is 18.8 Å². The number of ether oxygens (including phenoxy) is 5. The minimum Gasteiger partial charge on any atom is -0.459 e. The third-order valence-electron chi connectivity index (χ3n) is 9.54. The van der Waals surface area contributed by atoms with Crippen molar-refractivity contribution in [2.75, 3.05) is 6.61 Å². The van der Waals surface area contributed by atoms with E-state index in [2.05, 4.69) is 0 Å². The Bertz CT molecular complexity index is 1360. The summed E-state index contributed by atoms with van der Waals surface area (Å²) >= 11 is 0. The Labute approximate surface area is 252 Å². The van der Waals surface area contributed by atoms with Gasteiger partial charge in [0, 0.05) is 0 Å². The van der Waals surface area contributed by atoms with Crippen molar-refractivity contribution in [2.24, 2.45) is 17.8 Å². The van der Waals surface area contributed by atoms with Crippen molar-refractivity contribution in [3.8, 4) is 0 Å². The number of carbonyl (C=O) groups is 2. The Morgan fingerprint density at radius 2 is 1.23 bits per heavy atom. The van der Waals surface area contributed by atoms with E-state index in [1.807, 2.05) is 42.5 Å². The van der Waals surface area contributed by atoms with Crippen LogP contribution >= 0.6 is 0 Å². The number of hydrogen-bond donors (Lipinski definition) is 0. The van der Waals surface area contributed by atoms with Gasteiger partial charge in [0.25, 0.3) is 0 Å². The standard InChI is InChI=1S/C36H38O7/c37-33(28-12-6-2-7-13-28)40-23-30-31(42-34(38)29-14-8-3-9-15-29)32(39-22-24-10-4-1-5-11-24)35(41-30)43-36-19-25-16-26(20-36)18-27(17-25)21-36/h1-15,25-27,30-32,35H,16-23H2/t25?,26?,27?,30-,31-,32+,35+,36?/m1/s1. The van der Waals surface area contributed by atoms with Gasteiger partial charge in [0.2, 0.25) is 0 Å². The van der Waals surface area contributed by atoms with Crippen LogP contribution < -0.4 is 0 Å². The molecule has 3 aromatic carbocycles. The number of carbonyl (C=O) groups excluding carboxylic acids is 2. The lowest BCUT2D eigenvalue weighted by Gasteiger charge is -2.56. The first-order valence-electron chi connectivity index (χ1n) is 15.5. The maximum absolute atomic E-state index is 13.4. The van der Waals surface area contributed by atoms with Gasteiger partial charge < -0.3 is 23.7 Å². The van der Waals surface area contributed by atoms with E-state index in [9.17, 15) is 9.59 Å². The van der Waals surface area contributed by atoms with E-state index < -0.39 is 36.5 Å². The van der Waals surface area contributed by atoms with Crippen LogP contribution in [0.4, 0.5) is 0 Å². The van der Waals surface area contributed by atoms with E-state index in [1.54, 1.807) is 48.5 Å². The van der Waals surface area contributed by atoms with Gasteiger partial charge >= 0.3 is 11.9 Å². The molecule has 7 heteroatoms. The van der Waals surface area contributed by atoms with E-state index in [0.717, 1.165) is 24.8 Å². The Balaban J connectivity index is 1.16. The SMILES string of the molecule is O=C(OC[C@H]1O[C@@H](OC23CC4CC(CC(C4)C2)C3)[C@@H](OCc2ccccc2)[C@@H]1OC(=O)c1ccccc1)c1ccccc1. The fraction of sp³-hybridized carbons (Fsp3) is 0.444. The summed E-state index contributed by atoms with van der Waals surface area (Å²) in [5.74, 6) is 1.10. The minimum atomic E-state index is -0.848. The zero-order chi connectivity index (χ0) is 29.2. The normalized spacial score (nSPS) is 32.4. The van der Waals surface area contributed by atoms with Crippen LogP contribution in [0.15, 0.2) is 91.0 Å². The maximum atomic E-state index is 13.4. The molecule has 0 amide bonds. The number of esters is 2. The maximum Gasteiger partial charge on any atom is 0.338 e. The molecule has 1 heterocycles. The van der Waals surface area contributed by atoms with Crippen molar-refractivity contribution in [3.63, 3.8) is 0 Å². The van der Waals surface area contributed by atoms with E-state index in [4.69, 9.17) is 23.7 Å². The minimum absolute atomic E-state index is 0.105. The Morgan fingerprint density at radius 3 is 1.81 bits per heavy atom. The monoisotopic (exact) mass is 582 g/mol. The van der Waals surface area contributed by atoms with Crippen LogP contribution in [-0.2, 0) is 30.3 Å². The van der Waals surface area contributed by atoms with E-state index >= 15 is 0 Å². The molecule has 5 fully saturated rings. The number of hydrogen-bond acceptors (Lipinski definition) is 7. The second-order valence-electron chi connectivity index (χ2n) is 12.7. The molecule has 1 aliphatic heterocycles. The summed E-state index contributed by atoms with van der Waals surface area (Å²) in [4.78, 5) is 26.2. The molecule has 4 aliphatic carbocycles. The molecule has 43 heavy (non-hydrogen) atoms. The van der Waals surface area contributed by atoms with Gasteiger partial charge in [-0.25, -0.2) is 9.59 Å². The van der Waals surface area contributed by atoms with Gasteiger partial charge in [-0.3, -0.25) is 0 Å². The van der Waals surface area contributed by atoms with Crippen molar-refractivity contribution in [2.45, 2.75) is 75.3 Å². The van der Waals surface area contributed by atoms with Crippen LogP contribution in [0.1, 0.15) is 64.8 Å². The summed E-state index contributed by atoms with van der Waals surface area (Å²) in [6.45, 7) is 0.192. The quantitative estimate of drug-likeness (QED) is 0.257. The first-order valence-corrected chi connectivity index (χ1v) is 15.5. The van der Waals surface area contributed by atoms with E-state index in [0.29, 0.717) is 35.5 Å². The van der Waals surface area contributed by atoms with Gasteiger partial charge in [-0.15, -0.1) is 0 Å². The van der Waals surface area contributed by atoms with Crippen molar-refractivity contribution >= 4 is 11.9 Å². The third kappa shape index (κ3) is 6.26. The fourth-order valence-electron chi connectivity index (χ4n) is 8.01. The van der Waals surface area contributed by atoms with Crippen molar-refractivity contribution in [1.82, 2.24) is 0 Å². The zero-order valence-corrected chi connectivity index (χ0v) is 24.2. The van der Waals surface area contributed by atoms with Crippen LogP contribution in [0, 0.1) is 17.8 Å². The molecule has 0 unspecified atom stereocenters. The largest absolute Gasteiger partial charge is 0.459 e. The second kappa shape index (κ2) is 12.2. The molecule has 8 rings (SSSR count). The molecule has 224 valence electrons.